The number of hydrogen-bond acceptors (Lipinski definition) is 2. The van der Waals surface area contributed by atoms with Crippen LogP contribution in [0.4, 0.5) is 0 Å². The molecule has 0 spiro atoms. The molecule has 1 aliphatic heterocycles. The normalized spacial score (nSPS) is 20.3. The standard InChI is InChI=1S/C16H21NO/c1-4-5-8-11-17-14-12-16(2,3)18-15-10-7-6-9-13(14)15/h6-7,9-10,14,17H,8,11-12H2,1-3H3. The van der Waals surface area contributed by atoms with Crippen LogP contribution in [-0.4, -0.2) is 12.1 Å². The molecule has 2 heteroatoms. The number of hydrogen-bond donors (Lipinski definition) is 1. The molecular formula is C16H21NO. The minimum absolute atomic E-state index is 0.109. The average Bonchev–Trinajstić information content (AvgIpc) is 2.33. The van der Waals surface area contributed by atoms with E-state index in [-0.39, 0.29) is 5.60 Å². The zero-order valence-electron chi connectivity index (χ0n) is 11.4. The molecule has 1 aliphatic rings. The Bertz CT molecular complexity index is 467. The highest BCUT2D eigenvalue weighted by Crippen LogP contribution is 2.38. The zero-order chi connectivity index (χ0) is 13.0. The van der Waals surface area contributed by atoms with Crippen molar-refractivity contribution >= 4 is 0 Å². The molecule has 0 fully saturated rings. The second kappa shape index (κ2) is 5.46. The van der Waals surface area contributed by atoms with Crippen molar-refractivity contribution in [3.8, 4) is 17.6 Å². The van der Waals surface area contributed by atoms with E-state index in [1.54, 1.807) is 0 Å². The SMILES string of the molecule is CC#CCCNC1CC(C)(C)Oc2ccccc21. The first-order valence-corrected chi connectivity index (χ1v) is 6.53. The van der Waals surface area contributed by atoms with Crippen molar-refractivity contribution in [1.82, 2.24) is 5.32 Å². The molecule has 0 aromatic heterocycles. The third kappa shape index (κ3) is 3.05. The predicted molar refractivity (Wildman–Crippen MR) is 74.6 cm³/mol. The Kier molecular flexibility index (Phi) is 3.93. The Balaban J connectivity index is 2.11. The van der Waals surface area contributed by atoms with Crippen LogP contribution in [0.3, 0.4) is 0 Å². The smallest absolute Gasteiger partial charge is 0.124 e. The lowest BCUT2D eigenvalue weighted by molar-refractivity contribution is 0.0663. The van der Waals surface area contributed by atoms with Crippen molar-refractivity contribution in [3.63, 3.8) is 0 Å². The minimum Gasteiger partial charge on any atom is -0.487 e. The van der Waals surface area contributed by atoms with Gasteiger partial charge in [-0.15, -0.1) is 11.8 Å². The summed E-state index contributed by atoms with van der Waals surface area (Å²) in [4.78, 5) is 0. The monoisotopic (exact) mass is 243 g/mol. The van der Waals surface area contributed by atoms with Crippen LogP contribution in [0.15, 0.2) is 24.3 Å². The first-order valence-electron chi connectivity index (χ1n) is 6.53. The topological polar surface area (TPSA) is 21.3 Å². The first-order chi connectivity index (χ1) is 8.62. The van der Waals surface area contributed by atoms with Gasteiger partial charge in [0.25, 0.3) is 0 Å². The third-order valence-electron chi connectivity index (χ3n) is 3.19. The Morgan fingerprint density at radius 3 is 2.94 bits per heavy atom. The van der Waals surface area contributed by atoms with Gasteiger partial charge in [0.1, 0.15) is 11.4 Å². The van der Waals surface area contributed by atoms with Gasteiger partial charge in [0.15, 0.2) is 0 Å². The maximum absolute atomic E-state index is 6.01. The van der Waals surface area contributed by atoms with Crippen LogP contribution in [0, 0.1) is 11.8 Å². The highest BCUT2D eigenvalue weighted by Gasteiger charge is 2.32. The Hall–Kier alpha value is -1.46. The van der Waals surface area contributed by atoms with E-state index in [0.717, 1.165) is 25.1 Å². The summed E-state index contributed by atoms with van der Waals surface area (Å²) in [7, 11) is 0. The van der Waals surface area contributed by atoms with Crippen molar-refractivity contribution < 1.29 is 4.74 Å². The van der Waals surface area contributed by atoms with Gasteiger partial charge >= 0.3 is 0 Å². The largest absolute Gasteiger partial charge is 0.487 e. The van der Waals surface area contributed by atoms with Crippen molar-refractivity contribution in [2.24, 2.45) is 0 Å². The summed E-state index contributed by atoms with van der Waals surface area (Å²) in [6.45, 7) is 7.09. The van der Waals surface area contributed by atoms with Crippen molar-refractivity contribution in [2.75, 3.05) is 6.54 Å². The molecular weight excluding hydrogens is 222 g/mol. The van der Waals surface area contributed by atoms with Crippen LogP contribution < -0.4 is 10.1 Å². The van der Waals surface area contributed by atoms with Gasteiger partial charge in [-0.05, 0) is 26.8 Å². The molecule has 96 valence electrons. The lowest BCUT2D eigenvalue weighted by Gasteiger charge is -2.38. The number of rotatable bonds is 3. The van der Waals surface area contributed by atoms with Gasteiger partial charge in [0.2, 0.25) is 0 Å². The molecule has 1 aromatic carbocycles. The highest BCUT2D eigenvalue weighted by molar-refractivity contribution is 5.38. The second-order valence-electron chi connectivity index (χ2n) is 5.29. The summed E-state index contributed by atoms with van der Waals surface area (Å²) >= 11 is 0. The fraction of sp³-hybridized carbons (Fsp3) is 0.500. The molecule has 0 saturated heterocycles. The maximum atomic E-state index is 6.01. The summed E-state index contributed by atoms with van der Waals surface area (Å²) in [6, 6.07) is 8.66. The van der Waals surface area contributed by atoms with Crippen LogP contribution in [0.1, 0.15) is 45.2 Å². The van der Waals surface area contributed by atoms with Crippen LogP contribution in [0.5, 0.6) is 5.75 Å². The van der Waals surface area contributed by atoms with E-state index in [1.165, 1.54) is 5.56 Å². The number of nitrogens with one attached hydrogen (secondary N) is 1. The molecule has 2 rings (SSSR count). The van der Waals surface area contributed by atoms with Crippen molar-refractivity contribution in [1.29, 1.82) is 0 Å². The van der Waals surface area contributed by atoms with Crippen molar-refractivity contribution in [2.45, 2.75) is 45.3 Å². The first kappa shape index (κ1) is 13.0. The molecule has 1 unspecified atom stereocenters. The van der Waals surface area contributed by atoms with Gasteiger partial charge < -0.3 is 10.1 Å². The Labute approximate surface area is 110 Å². The quantitative estimate of drug-likeness (QED) is 0.649. The molecule has 0 saturated carbocycles. The van der Waals surface area contributed by atoms with Gasteiger partial charge in [-0.2, -0.15) is 0 Å². The fourth-order valence-electron chi connectivity index (χ4n) is 2.42. The number of para-hydroxylation sites is 1. The number of benzene rings is 1. The number of ether oxygens (including phenoxy) is 1. The number of fused-ring (bicyclic) bond motifs is 1. The second-order valence-corrected chi connectivity index (χ2v) is 5.29. The molecule has 0 bridgehead atoms. The molecule has 1 atom stereocenters. The third-order valence-corrected chi connectivity index (χ3v) is 3.19. The summed E-state index contributed by atoms with van der Waals surface area (Å²) in [5.74, 6) is 7.02. The molecule has 0 amide bonds. The van der Waals surface area contributed by atoms with Gasteiger partial charge in [-0.3, -0.25) is 0 Å². The zero-order valence-corrected chi connectivity index (χ0v) is 11.4. The summed E-state index contributed by atoms with van der Waals surface area (Å²) in [5, 5.41) is 3.59. The van der Waals surface area contributed by atoms with Crippen molar-refractivity contribution in [3.05, 3.63) is 29.8 Å². The minimum atomic E-state index is -0.109. The lowest BCUT2D eigenvalue weighted by Crippen LogP contribution is -2.39. The molecule has 1 N–H and O–H groups in total. The highest BCUT2D eigenvalue weighted by atomic mass is 16.5. The van der Waals surface area contributed by atoms with Gasteiger partial charge in [-0.1, -0.05) is 18.2 Å². The molecule has 18 heavy (non-hydrogen) atoms. The van der Waals surface area contributed by atoms with E-state index in [2.05, 4.69) is 49.2 Å². The lowest BCUT2D eigenvalue weighted by atomic mass is 9.89. The van der Waals surface area contributed by atoms with E-state index >= 15 is 0 Å². The Morgan fingerprint density at radius 2 is 2.17 bits per heavy atom. The summed E-state index contributed by atoms with van der Waals surface area (Å²) in [5.41, 5.74) is 1.16. The van der Waals surface area contributed by atoms with Crippen LogP contribution in [-0.2, 0) is 0 Å². The van der Waals surface area contributed by atoms with Gasteiger partial charge in [0.05, 0.1) is 0 Å². The molecule has 0 radical (unpaired) electrons. The van der Waals surface area contributed by atoms with Crippen LogP contribution in [0.25, 0.3) is 0 Å². The van der Waals surface area contributed by atoms with E-state index in [9.17, 15) is 0 Å². The van der Waals surface area contributed by atoms with E-state index < -0.39 is 0 Å². The molecule has 2 nitrogen and oxygen atoms in total. The van der Waals surface area contributed by atoms with E-state index in [0.29, 0.717) is 6.04 Å². The fourth-order valence-corrected chi connectivity index (χ4v) is 2.42. The van der Waals surface area contributed by atoms with Gasteiger partial charge in [-0.25, -0.2) is 0 Å². The average molecular weight is 243 g/mol. The van der Waals surface area contributed by atoms with Crippen LogP contribution >= 0.6 is 0 Å². The van der Waals surface area contributed by atoms with Gasteiger partial charge in [0, 0.05) is 31.0 Å². The predicted octanol–water partition coefficient (Wildman–Crippen LogP) is 3.29. The summed E-state index contributed by atoms with van der Waals surface area (Å²) < 4.78 is 6.01. The Morgan fingerprint density at radius 1 is 1.39 bits per heavy atom. The maximum Gasteiger partial charge on any atom is 0.124 e. The van der Waals surface area contributed by atoms with E-state index in [1.807, 2.05) is 13.0 Å². The van der Waals surface area contributed by atoms with Crippen LogP contribution in [0.2, 0.25) is 0 Å². The summed E-state index contributed by atoms with van der Waals surface area (Å²) in [6.07, 6.45) is 1.89. The molecule has 0 aliphatic carbocycles. The van der Waals surface area contributed by atoms with E-state index in [4.69, 9.17) is 4.74 Å². The molecule has 1 aromatic rings. The molecule has 1 heterocycles.